The molecular formula is C14H8ClN3O5S. The van der Waals surface area contributed by atoms with Crippen molar-refractivity contribution in [3.63, 3.8) is 0 Å². The molecule has 0 aliphatic rings. The molecule has 0 saturated heterocycles. The summed E-state index contributed by atoms with van der Waals surface area (Å²) in [7, 11) is 0. The smallest absolute Gasteiger partial charge is 0.395 e. The van der Waals surface area contributed by atoms with Gasteiger partial charge in [0.2, 0.25) is 5.76 Å². The summed E-state index contributed by atoms with van der Waals surface area (Å²) >= 11 is 7.11. The van der Waals surface area contributed by atoms with Crippen LogP contribution < -0.4 is 10.9 Å². The Balaban J connectivity index is 1.67. The van der Waals surface area contributed by atoms with Crippen LogP contribution in [0.15, 0.2) is 40.8 Å². The minimum atomic E-state index is -0.805. The second-order valence-electron chi connectivity index (χ2n) is 4.60. The SMILES string of the molecule is O=C(NNC(=O)c1cc2ccc(Cl)cc2s1)c1ccc([N+](=O)[O-])o1. The number of benzene rings is 1. The number of furan rings is 1. The first-order valence-corrected chi connectivity index (χ1v) is 7.67. The van der Waals surface area contributed by atoms with Crippen LogP contribution in [0.4, 0.5) is 5.88 Å². The van der Waals surface area contributed by atoms with Crippen molar-refractivity contribution >= 4 is 50.7 Å². The van der Waals surface area contributed by atoms with Gasteiger partial charge in [0.05, 0.1) is 10.9 Å². The Morgan fingerprint density at radius 2 is 1.88 bits per heavy atom. The van der Waals surface area contributed by atoms with E-state index in [9.17, 15) is 19.7 Å². The topological polar surface area (TPSA) is 114 Å². The van der Waals surface area contributed by atoms with Crippen molar-refractivity contribution in [1.29, 1.82) is 0 Å². The van der Waals surface area contributed by atoms with Crippen LogP contribution in [-0.2, 0) is 0 Å². The van der Waals surface area contributed by atoms with E-state index in [2.05, 4.69) is 10.9 Å². The quantitative estimate of drug-likeness (QED) is 0.546. The Kier molecular flexibility index (Phi) is 4.19. The molecule has 0 aliphatic carbocycles. The summed E-state index contributed by atoms with van der Waals surface area (Å²) in [6.45, 7) is 0. The summed E-state index contributed by atoms with van der Waals surface area (Å²) in [5, 5.41) is 11.9. The number of hydrazine groups is 1. The summed E-state index contributed by atoms with van der Waals surface area (Å²) in [6, 6.07) is 9.08. The highest BCUT2D eigenvalue weighted by Crippen LogP contribution is 2.28. The zero-order valence-electron chi connectivity index (χ0n) is 11.7. The molecule has 122 valence electrons. The van der Waals surface area contributed by atoms with Crippen molar-refractivity contribution in [3.8, 4) is 0 Å². The lowest BCUT2D eigenvalue weighted by Crippen LogP contribution is -2.41. The highest BCUT2D eigenvalue weighted by atomic mass is 35.5. The Labute approximate surface area is 143 Å². The predicted octanol–water partition coefficient (Wildman–Crippen LogP) is 3.13. The first-order chi connectivity index (χ1) is 11.4. The van der Waals surface area contributed by atoms with Crippen LogP contribution >= 0.6 is 22.9 Å². The number of hydrogen-bond donors (Lipinski definition) is 2. The molecule has 0 radical (unpaired) electrons. The van der Waals surface area contributed by atoms with Gasteiger partial charge in [0.25, 0.3) is 5.91 Å². The summed E-state index contributed by atoms with van der Waals surface area (Å²) in [6.07, 6.45) is 0. The van der Waals surface area contributed by atoms with Gasteiger partial charge in [0.1, 0.15) is 4.92 Å². The average Bonchev–Trinajstić information content (AvgIpc) is 3.18. The number of nitro groups is 1. The fourth-order valence-corrected chi connectivity index (χ4v) is 3.14. The Morgan fingerprint density at radius 1 is 1.12 bits per heavy atom. The van der Waals surface area contributed by atoms with Crippen LogP contribution in [0.25, 0.3) is 10.1 Å². The number of amides is 2. The summed E-state index contributed by atoms with van der Waals surface area (Å²) in [5.41, 5.74) is 4.35. The molecule has 2 amide bonds. The van der Waals surface area contributed by atoms with Crippen molar-refractivity contribution in [3.05, 3.63) is 62.2 Å². The predicted molar refractivity (Wildman–Crippen MR) is 87.1 cm³/mol. The number of nitrogens with zero attached hydrogens (tertiary/aromatic N) is 1. The van der Waals surface area contributed by atoms with Crippen molar-refractivity contribution in [2.45, 2.75) is 0 Å². The van der Waals surface area contributed by atoms with Gasteiger partial charge in [0, 0.05) is 9.72 Å². The maximum Gasteiger partial charge on any atom is 0.433 e. The molecule has 2 heterocycles. The van der Waals surface area contributed by atoms with Crippen LogP contribution in [-0.4, -0.2) is 16.7 Å². The van der Waals surface area contributed by atoms with Gasteiger partial charge in [-0.05, 0) is 29.7 Å². The number of carbonyl (C=O) groups is 2. The number of rotatable bonds is 3. The van der Waals surface area contributed by atoms with Gasteiger partial charge in [-0.2, -0.15) is 0 Å². The van der Waals surface area contributed by atoms with E-state index in [-0.39, 0.29) is 5.76 Å². The minimum Gasteiger partial charge on any atom is -0.395 e. The van der Waals surface area contributed by atoms with Crippen LogP contribution in [0.1, 0.15) is 20.2 Å². The van der Waals surface area contributed by atoms with E-state index in [0.29, 0.717) is 9.90 Å². The lowest BCUT2D eigenvalue weighted by atomic mass is 10.2. The second kappa shape index (κ2) is 6.30. The van der Waals surface area contributed by atoms with E-state index in [4.69, 9.17) is 16.0 Å². The number of nitrogens with one attached hydrogen (secondary N) is 2. The molecule has 0 saturated carbocycles. The lowest BCUT2D eigenvalue weighted by Gasteiger charge is -2.03. The molecule has 24 heavy (non-hydrogen) atoms. The molecule has 0 bridgehead atoms. The highest BCUT2D eigenvalue weighted by Gasteiger charge is 2.18. The molecule has 8 nitrogen and oxygen atoms in total. The summed E-state index contributed by atoms with van der Waals surface area (Å²) in [5.74, 6) is -2.18. The van der Waals surface area contributed by atoms with Gasteiger partial charge in [-0.1, -0.05) is 17.7 Å². The number of hydrogen-bond acceptors (Lipinski definition) is 6. The maximum absolute atomic E-state index is 12.1. The minimum absolute atomic E-state index is 0.287. The first kappa shape index (κ1) is 16.0. The standard InChI is InChI=1S/C14H8ClN3O5S/c15-8-2-1-7-5-11(24-10(7)6-8)14(20)17-16-13(19)9-3-4-12(23-9)18(21)22/h1-6H,(H,16,19)(H,17,20). The van der Waals surface area contributed by atoms with Crippen LogP contribution in [0.5, 0.6) is 0 Å². The first-order valence-electron chi connectivity index (χ1n) is 6.48. The van der Waals surface area contributed by atoms with Crippen LogP contribution in [0, 0.1) is 10.1 Å². The van der Waals surface area contributed by atoms with Crippen LogP contribution in [0.3, 0.4) is 0 Å². The molecular weight excluding hydrogens is 358 g/mol. The van der Waals surface area contributed by atoms with E-state index in [1.807, 2.05) is 0 Å². The van der Waals surface area contributed by atoms with E-state index in [1.165, 1.54) is 11.3 Å². The molecule has 10 heteroatoms. The van der Waals surface area contributed by atoms with E-state index >= 15 is 0 Å². The van der Waals surface area contributed by atoms with Crippen molar-refractivity contribution in [2.24, 2.45) is 0 Å². The Hall–Kier alpha value is -2.91. The molecule has 1 aromatic carbocycles. The third-order valence-corrected chi connectivity index (χ3v) is 4.32. The molecule has 2 N–H and O–H groups in total. The second-order valence-corrected chi connectivity index (χ2v) is 6.12. The molecule has 2 aromatic heterocycles. The molecule has 0 fully saturated rings. The number of carbonyl (C=O) groups excluding carboxylic acids is 2. The third-order valence-electron chi connectivity index (χ3n) is 2.99. The summed E-state index contributed by atoms with van der Waals surface area (Å²) in [4.78, 5) is 33.9. The van der Waals surface area contributed by atoms with E-state index < -0.39 is 22.6 Å². The van der Waals surface area contributed by atoms with Crippen molar-refractivity contribution in [2.75, 3.05) is 0 Å². The van der Waals surface area contributed by atoms with Gasteiger partial charge >= 0.3 is 11.8 Å². The van der Waals surface area contributed by atoms with E-state index in [1.54, 1.807) is 24.3 Å². The fraction of sp³-hybridized carbons (Fsp3) is 0. The van der Waals surface area contributed by atoms with Gasteiger partial charge in [-0.3, -0.25) is 30.6 Å². The largest absolute Gasteiger partial charge is 0.433 e. The van der Waals surface area contributed by atoms with Gasteiger partial charge in [0.15, 0.2) is 0 Å². The average molecular weight is 366 g/mol. The monoisotopic (exact) mass is 365 g/mol. The van der Waals surface area contributed by atoms with Gasteiger partial charge < -0.3 is 4.42 Å². The highest BCUT2D eigenvalue weighted by molar-refractivity contribution is 7.20. The zero-order valence-corrected chi connectivity index (χ0v) is 13.3. The normalized spacial score (nSPS) is 10.5. The fourth-order valence-electron chi connectivity index (χ4n) is 1.90. The van der Waals surface area contributed by atoms with Gasteiger partial charge in [-0.15, -0.1) is 11.3 Å². The zero-order chi connectivity index (χ0) is 17.3. The molecule has 0 spiro atoms. The number of fused-ring (bicyclic) bond motifs is 1. The van der Waals surface area contributed by atoms with Crippen molar-refractivity contribution in [1.82, 2.24) is 10.9 Å². The van der Waals surface area contributed by atoms with Crippen molar-refractivity contribution < 1.29 is 18.9 Å². The maximum atomic E-state index is 12.1. The lowest BCUT2D eigenvalue weighted by molar-refractivity contribution is -0.402. The van der Waals surface area contributed by atoms with Crippen LogP contribution in [0.2, 0.25) is 5.02 Å². The number of thiophene rings is 1. The molecule has 0 aliphatic heterocycles. The molecule has 0 unspecified atom stereocenters. The Bertz CT molecular complexity index is 964. The van der Waals surface area contributed by atoms with E-state index in [0.717, 1.165) is 22.2 Å². The molecule has 0 atom stereocenters. The Morgan fingerprint density at radius 3 is 2.58 bits per heavy atom. The molecule has 3 aromatic rings. The number of halogens is 1. The summed E-state index contributed by atoms with van der Waals surface area (Å²) < 4.78 is 5.57. The molecule has 3 rings (SSSR count). The van der Waals surface area contributed by atoms with Gasteiger partial charge in [-0.25, -0.2) is 0 Å². The third kappa shape index (κ3) is 3.21.